The molecule has 16 heavy (non-hydrogen) atoms. The summed E-state index contributed by atoms with van der Waals surface area (Å²) in [6.45, 7) is 0.0852. The lowest BCUT2D eigenvalue weighted by Crippen LogP contribution is -2.43. The monoisotopic (exact) mass is 259 g/mol. The van der Waals surface area contributed by atoms with Crippen LogP contribution in [0.1, 0.15) is 6.42 Å². The van der Waals surface area contributed by atoms with Crippen molar-refractivity contribution in [1.29, 1.82) is 0 Å². The van der Waals surface area contributed by atoms with E-state index < -0.39 is 4.33 Å². The molecule has 3 amide bonds. The molecule has 0 atom stereocenters. The molecule has 2 rings (SSSR count). The summed E-state index contributed by atoms with van der Waals surface area (Å²) < 4.78 is -0.714. The van der Waals surface area contributed by atoms with E-state index in [9.17, 15) is 14.4 Å². The quantitative estimate of drug-likeness (QED) is 0.303. The van der Waals surface area contributed by atoms with Gasteiger partial charge in [0.15, 0.2) is 0 Å². The predicted octanol–water partition coefficient (Wildman–Crippen LogP) is -0.617. The number of carbonyl (C=O) groups is 3. The maximum absolute atomic E-state index is 11.4. The van der Waals surface area contributed by atoms with Crippen molar-refractivity contribution < 1.29 is 14.4 Å². The van der Waals surface area contributed by atoms with E-state index in [1.165, 1.54) is 33.7 Å². The first-order valence-electron chi connectivity index (χ1n) is 4.50. The Balaban J connectivity index is 1.77. The first-order valence-corrected chi connectivity index (χ1v) is 6.65. The largest absolute Gasteiger partial charge is 0.319 e. The van der Waals surface area contributed by atoms with Crippen molar-refractivity contribution in [3.63, 3.8) is 0 Å². The van der Waals surface area contributed by atoms with Gasteiger partial charge in [0.2, 0.25) is 10.2 Å². The zero-order valence-corrected chi connectivity index (χ0v) is 9.77. The smallest absolute Gasteiger partial charge is 0.253 e. The van der Waals surface area contributed by atoms with Gasteiger partial charge in [-0.2, -0.15) is 0 Å². The van der Waals surface area contributed by atoms with Crippen LogP contribution in [0.5, 0.6) is 0 Å². The van der Waals surface area contributed by atoms with E-state index in [1.807, 2.05) is 0 Å². The van der Waals surface area contributed by atoms with Crippen molar-refractivity contribution >= 4 is 39.3 Å². The van der Waals surface area contributed by atoms with E-state index in [0.29, 0.717) is 0 Å². The van der Waals surface area contributed by atoms with Crippen LogP contribution >= 0.6 is 21.6 Å². The van der Waals surface area contributed by atoms with E-state index >= 15 is 0 Å². The van der Waals surface area contributed by atoms with Gasteiger partial charge in [0.25, 0.3) is 11.8 Å². The van der Waals surface area contributed by atoms with Crippen LogP contribution in [-0.4, -0.2) is 33.5 Å². The number of nitrogens with one attached hydrogen (secondary N) is 1. The number of carbonyl (C=O) groups excluding carboxylic acids is 3. The van der Waals surface area contributed by atoms with Gasteiger partial charge in [-0.3, -0.25) is 25.0 Å². The Labute approximate surface area is 99.4 Å². The Hall–Kier alpha value is -0.990. The zero-order valence-electron chi connectivity index (χ0n) is 8.13. The Bertz CT molecular complexity index is 374. The highest BCUT2D eigenvalue weighted by atomic mass is 33.2. The Morgan fingerprint density at radius 2 is 1.94 bits per heavy atom. The first-order chi connectivity index (χ1) is 7.50. The molecule has 2 heterocycles. The maximum atomic E-state index is 11.4. The summed E-state index contributed by atoms with van der Waals surface area (Å²) >= 11 is 0. The van der Waals surface area contributed by atoms with Crippen LogP contribution < -0.4 is 11.1 Å². The molecule has 0 spiro atoms. The summed E-state index contributed by atoms with van der Waals surface area (Å²) in [4.78, 5) is 34.7. The van der Waals surface area contributed by atoms with Gasteiger partial charge >= 0.3 is 0 Å². The van der Waals surface area contributed by atoms with Gasteiger partial charge < -0.3 is 5.32 Å². The van der Waals surface area contributed by atoms with Crippen molar-refractivity contribution in [3.8, 4) is 0 Å². The van der Waals surface area contributed by atoms with Crippen LogP contribution in [0, 0.1) is 0 Å². The number of hydrogen-bond acceptors (Lipinski definition) is 6. The molecule has 1 fully saturated rings. The number of amides is 3. The molecule has 0 bridgehead atoms. The summed E-state index contributed by atoms with van der Waals surface area (Å²) in [6, 6.07) is 0. The molecule has 6 nitrogen and oxygen atoms in total. The second-order valence-corrected chi connectivity index (χ2v) is 6.17. The van der Waals surface area contributed by atoms with Gasteiger partial charge in [0.05, 0.1) is 0 Å². The van der Waals surface area contributed by atoms with E-state index in [2.05, 4.69) is 5.32 Å². The number of rotatable bonds is 4. The molecule has 0 aromatic carbocycles. The summed E-state index contributed by atoms with van der Waals surface area (Å²) in [5.41, 5.74) is 5.62. The van der Waals surface area contributed by atoms with Crippen LogP contribution in [-0.2, 0) is 14.4 Å². The Morgan fingerprint density at radius 3 is 2.44 bits per heavy atom. The number of hydrogen-bond donors (Lipinski definition) is 2. The van der Waals surface area contributed by atoms with Crippen LogP contribution in [0.2, 0.25) is 0 Å². The average molecular weight is 259 g/mol. The van der Waals surface area contributed by atoms with E-state index in [0.717, 1.165) is 4.90 Å². The summed E-state index contributed by atoms with van der Waals surface area (Å²) in [5.74, 6) is -1.03. The van der Waals surface area contributed by atoms with Gasteiger partial charge in [0.1, 0.15) is 0 Å². The lowest BCUT2D eigenvalue weighted by Gasteiger charge is -2.14. The SMILES string of the molecule is NC1(NC(=O)CCN2C(=O)C=CC2=O)SS1. The molecule has 0 aromatic rings. The third-order valence-corrected chi connectivity index (χ3v) is 4.35. The summed E-state index contributed by atoms with van der Waals surface area (Å²) in [5, 5.41) is 2.58. The molecule has 8 heteroatoms. The van der Waals surface area contributed by atoms with E-state index in [-0.39, 0.29) is 30.7 Å². The van der Waals surface area contributed by atoms with Crippen molar-refractivity contribution in [2.75, 3.05) is 6.54 Å². The minimum atomic E-state index is -0.714. The standard InChI is InChI=1S/C8H9N3O3S2/c9-8(15-16-8)10-5(12)3-4-11-6(13)1-2-7(11)14/h1-2H,3-4,9H2,(H,10,12). The fraction of sp³-hybridized carbons (Fsp3) is 0.375. The van der Waals surface area contributed by atoms with Crippen LogP contribution in [0.25, 0.3) is 0 Å². The number of nitrogens with zero attached hydrogens (tertiary/aromatic N) is 1. The number of imide groups is 1. The van der Waals surface area contributed by atoms with Gasteiger partial charge in [-0.05, 0) is 21.6 Å². The summed E-state index contributed by atoms with van der Waals surface area (Å²) in [6.07, 6.45) is 2.45. The fourth-order valence-electron chi connectivity index (χ4n) is 1.21. The fourth-order valence-corrected chi connectivity index (χ4v) is 2.13. The van der Waals surface area contributed by atoms with Crippen molar-refractivity contribution in [3.05, 3.63) is 12.2 Å². The third-order valence-electron chi connectivity index (χ3n) is 2.04. The predicted molar refractivity (Wildman–Crippen MR) is 60.7 cm³/mol. The first kappa shape index (κ1) is 11.5. The van der Waals surface area contributed by atoms with Crippen molar-refractivity contribution in [2.24, 2.45) is 5.73 Å². The molecule has 1 saturated heterocycles. The van der Waals surface area contributed by atoms with Gasteiger partial charge in [-0.1, -0.05) is 0 Å². The van der Waals surface area contributed by atoms with Crippen LogP contribution in [0.15, 0.2) is 12.2 Å². The average Bonchev–Trinajstić information content (AvgIpc) is 2.83. The van der Waals surface area contributed by atoms with Crippen LogP contribution in [0.4, 0.5) is 0 Å². The minimum absolute atomic E-state index is 0.0687. The highest BCUT2D eigenvalue weighted by molar-refractivity contribution is 8.93. The minimum Gasteiger partial charge on any atom is -0.319 e. The molecule has 2 aliphatic rings. The molecule has 0 saturated carbocycles. The topological polar surface area (TPSA) is 92.5 Å². The molecule has 3 N–H and O–H groups in total. The maximum Gasteiger partial charge on any atom is 0.253 e. The highest BCUT2D eigenvalue weighted by Gasteiger charge is 2.43. The van der Waals surface area contributed by atoms with Crippen molar-refractivity contribution in [1.82, 2.24) is 10.2 Å². The second-order valence-electron chi connectivity index (χ2n) is 3.29. The molecule has 0 radical (unpaired) electrons. The van der Waals surface area contributed by atoms with Crippen LogP contribution in [0.3, 0.4) is 0 Å². The molecular weight excluding hydrogens is 250 g/mol. The molecule has 0 aliphatic carbocycles. The summed E-state index contributed by atoms with van der Waals surface area (Å²) in [7, 11) is 2.72. The Morgan fingerprint density at radius 1 is 1.38 bits per heavy atom. The van der Waals surface area contributed by atoms with Gasteiger partial charge in [-0.15, -0.1) is 0 Å². The highest BCUT2D eigenvalue weighted by Crippen LogP contribution is 2.58. The van der Waals surface area contributed by atoms with Crippen molar-refractivity contribution in [2.45, 2.75) is 10.7 Å². The molecular formula is C8H9N3O3S2. The third kappa shape index (κ3) is 2.57. The second kappa shape index (κ2) is 4.11. The lowest BCUT2D eigenvalue weighted by atomic mass is 10.3. The van der Waals surface area contributed by atoms with E-state index in [1.54, 1.807) is 0 Å². The number of nitrogens with two attached hydrogens (primary N) is 1. The van der Waals surface area contributed by atoms with Gasteiger partial charge in [0, 0.05) is 25.1 Å². The lowest BCUT2D eigenvalue weighted by molar-refractivity contribution is -0.137. The zero-order chi connectivity index (χ0) is 11.8. The molecule has 2 aliphatic heterocycles. The van der Waals surface area contributed by atoms with Gasteiger partial charge in [-0.25, -0.2) is 0 Å². The molecule has 0 unspecified atom stereocenters. The molecule has 0 aromatic heterocycles. The molecule has 86 valence electrons. The normalized spacial score (nSPS) is 21.4. The van der Waals surface area contributed by atoms with E-state index in [4.69, 9.17) is 5.73 Å². The Kier molecular flexibility index (Phi) is 2.96.